The molecule has 6 nitrogen and oxygen atoms in total. The average molecular weight is 291 g/mol. The molecule has 3 N–H and O–H groups in total. The van der Waals surface area contributed by atoms with Gasteiger partial charge in [-0.05, 0) is 12.5 Å². The quantitative estimate of drug-likeness (QED) is 0.376. The Hall–Kier alpha value is -2.32. The fraction of sp³-hybridized carbons (Fsp3) is 0.364. The van der Waals surface area contributed by atoms with Gasteiger partial charge in [0.15, 0.2) is 0 Å². The molecule has 1 aromatic carbocycles. The minimum atomic E-state index is -4.28. The molecule has 110 valence electrons. The minimum absolute atomic E-state index is 0.0175. The molecule has 1 amide bonds. The second-order valence-corrected chi connectivity index (χ2v) is 4.00. The van der Waals surface area contributed by atoms with Gasteiger partial charge in [0.2, 0.25) is 0 Å². The molecule has 0 radical (unpaired) electrons. The third-order valence-corrected chi connectivity index (χ3v) is 2.41. The maximum absolute atomic E-state index is 11.9. The summed E-state index contributed by atoms with van der Waals surface area (Å²) >= 11 is 0. The molecule has 0 spiro atoms. The van der Waals surface area contributed by atoms with Gasteiger partial charge in [0.1, 0.15) is 0 Å². The predicted octanol–water partition coefficient (Wildman–Crippen LogP) is 2.25. The van der Waals surface area contributed by atoms with Crippen LogP contribution in [0.5, 0.6) is 0 Å². The van der Waals surface area contributed by atoms with Crippen molar-refractivity contribution in [2.24, 2.45) is 0 Å². The van der Waals surface area contributed by atoms with Crippen molar-refractivity contribution in [1.82, 2.24) is 5.32 Å². The number of nitro benzene ring substituents is 1. The number of carbonyl (C=O) groups is 1. The van der Waals surface area contributed by atoms with Crippen LogP contribution in [0.4, 0.5) is 24.5 Å². The number of hydrogen-bond donors (Lipinski definition) is 2. The second kappa shape index (κ2) is 6.22. The predicted molar refractivity (Wildman–Crippen MR) is 65.1 cm³/mol. The standard InChI is InChI=1S/C11H12F3N3O3/c12-11(13,14)4-1-5-16-10(18)8-6-7(17(19)20)2-3-9(8)15/h2-3,6H,1,4-5,15H2,(H,16,18). The molecular formula is C11H12F3N3O3. The summed E-state index contributed by atoms with van der Waals surface area (Å²) in [7, 11) is 0. The molecule has 0 aliphatic rings. The maximum atomic E-state index is 11.9. The number of amides is 1. The number of halogens is 3. The molecule has 20 heavy (non-hydrogen) atoms. The number of carbonyl (C=O) groups excluding carboxylic acids is 1. The molecule has 0 fully saturated rings. The summed E-state index contributed by atoms with van der Waals surface area (Å²) in [5.41, 5.74) is 5.07. The number of alkyl halides is 3. The van der Waals surface area contributed by atoms with Crippen molar-refractivity contribution in [2.75, 3.05) is 12.3 Å². The Labute approximate surface area is 111 Å². The highest BCUT2D eigenvalue weighted by Gasteiger charge is 2.26. The molecule has 0 saturated carbocycles. The zero-order valence-corrected chi connectivity index (χ0v) is 10.2. The van der Waals surface area contributed by atoms with Crippen molar-refractivity contribution < 1.29 is 22.9 Å². The van der Waals surface area contributed by atoms with Crippen molar-refractivity contribution in [3.63, 3.8) is 0 Å². The monoisotopic (exact) mass is 291 g/mol. The highest BCUT2D eigenvalue weighted by atomic mass is 19.4. The van der Waals surface area contributed by atoms with Crippen molar-refractivity contribution in [2.45, 2.75) is 19.0 Å². The summed E-state index contributed by atoms with van der Waals surface area (Å²) < 4.78 is 35.7. The van der Waals surface area contributed by atoms with Crippen LogP contribution in [0.3, 0.4) is 0 Å². The van der Waals surface area contributed by atoms with Crippen LogP contribution in [0.25, 0.3) is 0 Å². The summed E-state index contributed by atoms with van der Waals surface area (Å²) in [6.07, 6.45) is -5.57. The number of benzene rings is 1. The van der Waals surface area contributed by atoms with E-state index in [0.29, 0.717) is 0 Å². The fourth-order valence-corrected chi connectivity index (χ4v) is 1.44. The smallest absolute Gasteiger partial charge is 0.389 e. The van der Waals surface area contributed by atoms with E-state index in [4.69, 9.17) is 5.73 Å². The Balaban J connectivity index is 2.63. The Morgan fingerprint density at radius 2 is 2.05 bits per heavy atom. The number of non-ortho nitro benzene ring substituents is 1. The van der Waals surface area contributed by atoms with Gasteiger partial charge in [-0.15, -0.1) is 0 Å². The molecule has 1 rings (SSSR count). The number of hydrogen-bond acceptors (Lipinski definition) is 4. The molecule has 0 heterocycles. The second-order valence-electron chi connectivity index (χ2n) is 4.00. The molecule has 0 unspecified atom stereocenters. The van der Waals surface area contributed by atoms with Gasteiger partial charge in [0.05, 0.1) is 10.5 Å². The fourth-order valence-electron chi connectivity index (χ4n) is 1.44. The minimum Gasteiger partial charge on any atom is -0.398 e. The maximum Gasteiger partial charge on any atom is 0.389 e. The van der Waals surface area contributed by atoms with Crippen LogP contribution in [-0.2, 0) is 0 Å². The summed E-state index contributed by atoms with van der Waals surface area (Å²) in [6, 6.07) is 3.31. The molecule has 0 aliphatic carbocycles. The Kier molecular flexibility index (Phi) is 4.89. The normalized spacial score (nSPS) is 11.2. The molecule has 0 saturated heterocycles. The van der Waals surface area contributed by atoms with Crippen LogP contribution in [-0.4, -0.2) is 23.6 Å². The third kappa shape index (κ3) is 4.75. The van der Waals surface area contributed by atoms with Gasteiger partial charge in [-0.1, -0.05) is 0 Å². The lowest BCUT2D eigenvalue weighted by Crippen LogP contribution is -2.26. The van der Waals surface area contributed by atoms with Crippen molar-refractivity contribution in [3.05, 3.63) is 33.9 Å². The van der Waals surface area contributed by atoms with Crippen molar-refractivity contribution in [3.8, 4) is 0 Å². The van der Waals surface area contributed by atoms with Gasteiger partial charge >= 0.3 is 6.18 Å². The zero-order valence-electron chi connectivity index (χ0n) is 10.2. The molecule has 1 aromatic rings. The van der Waals surface area contributed by atoms with Gasteiger partial charge in [-0.3, -0.25) is 14.9 Å². The van der Waals surface area contributed by atoms with Gasteiger partial charge in [0, 0.05) is 30.8 Å². The molecular weight excluding hydrogens is 279 g/mol. The lowest BCUT2D eigenvalue weighted by molar-refractivity contribution is -0.384. The lowest BCUT2D eigenvalue weighted by atomic mass is 10.1. The average Bonchev–Trinajstić information content (AvgIpc) is 2.33. The third-order valence-electron chi connectivity index (χ3n) is 2.41. The molecule has 0 atom stereocenters. The molecule has 0 aromatic heterocycles. The Morgan fingerprint density at radius 3 is 2.60 bits per heavy atom. The van der Waals surface area contributed by atoms with E-state index in [1.54, 1.807) is 0 Å². The first-order valence-electron chi connectivity index (χ1n) is 5.59. The van der Waals surface area contributed by atoms with E-state index >= 15 is 0 Å². The molecule has 0 aliphatic heterocycles. The number of nitrogen functional groups attached to an aromatic ring is 1. The number of nitrogens with two attached hydrogens (primary N) is 1. The molecule has 9 heteroatoms. The van der Waals surface area contributed by atoms with E-state index < -0.39 is 23.4 Å². The van der Waals surface area contributed by atoms with Crippen LogP contribution in [0.15, 0.2) is 18.2 Å². The largest absolute Gasteiger partial charge is 0.398 e. The van der Waals surface area contributed by atoms with Gasteiger partial charge < -0.3 is 11.1 Å². The number of nitro groups is 1. The van der Waals surface area contributed by atoms with E-state index in [9.17, 15) is 28.1 Å². The number of anilines is 1. The van der Waals surface area contributed by atoms with Crippen LogP contribution >= 0.6 is 0 Å². The van der Waals surface area contributed by atoms with E-state index in [-0.39, 0.29) is 29.9 Å². The van der Waals surface area contributed by atoms with Crippen LogP contribution in [0.1, 0.15) is 23.2 Å². The lowest BCUT2D eigenvalue weighted by Gasteiger charge is -2.08. The number of rotatable bonds is 5. The van der Waals surface area contributed by atoms with E-state index in [1.807, 2.05) is 0 Å². The van der Waals surface area contributed by atoms with E-state index in [1.165, 1.54) is 6.07 Å². The number of nitrogens with one attached hydrogen (secondary N) is 1. The first-order valence-corrected chi connectivity index (χ1v) is 5.59. The van der Waals surface area contributed by atoms with Crippen LogP contribution in [0.2, 0.25) is 0 Å². The van der Waals surface area contributed by atoms with Gasteiger partial charge in [-0.25, -0.2) is 0 Å². The van der Waals surface area contributed by atoms with Crippen LogP contribution < -0.4 is 11.1 Å². The number of nitrogens with zero attached hydrogens (tertiary/aromatic N) is 1. The van der Waals surface area contributed by atoms with E-state index in [2.05, 4.69) is 5.32 Å². The van der Waals surface area contributed by atoms with Gasteiger partial charge in [0.25, 0.3) is 11.6 Å². The van der Waals surface area contributed by atoms with Crippen molar-refractivity contribution in [1.29, 1.82) is 0 Å². The van der Waals surface area contributed by atoms with Crippen LogP contribution in [0, 0.1) is 10.1 Å². The molecule has 0 bridgehead atoms. The zero-order chi connectivity index (χ0) is 15.3. The topological polar surface area (TPSA) is 98.3 Å². The van der Waals surface area contributed by atoms with Crippen molar-refractivity contribution >= 4 is 17.3 Å². The summed E-state index contributed by atoms with van der Waals surface area (Å²) in [6.45, 7) is -0.194. The first-order chi connectivity index (χ1) is 9.20. The van der Waals surface area contributed by atoms with Gasteiger partial charge in [-0.2, -0.15) is 13.2 Å². The highest BCUT2D eigenvalue weighted by molar-refractivity contribution is 5.99. The highest BCUT2D eigenvalue weighted by Crippen LogP contribution is 2.21. The Morgan fingerprint density at radius 1 is 1.40 bits per heavy atom. The van der Waals surface area contributed by atoms with E-state index in [0.717, 1.165) is 12.1 Å². The summed E-state index contributed by atoms with van der Waals surface area (Å²) in [4.78, 5) is 21.5. The Bertz CT molecular complexity index is 517. The first kappa shape index (κ1) is 15.7. The summed E-state index contributed by atoms with van der Waals surface area (Å²) in [5, 5.41) is 12.8. The summed E-state index contributed by atoms with van der Waals surface area (Å²) in [5.74, 6) is -0.742. The SMILES string of the molecule is Nc1ccc([N+](=O)[O-])cc1C(=O)NCCCC(F)(F)F.